The van der Waals surface area contributed by atoms with E-state index < -0.39 is 6.04 Å². The summed E-state index contributed by atoms with van der Waals surface area (Å²) in [7, 11) is 1.76. The van der Waals surface area contributed by atoms with Gasteiger partial charge in [0, 0.05) is 32.5 Å². The summed E-state index contributed by atoms with van der Waals surface area (Å²) in [5.74, 6) is 0.501. The number of pyridine rings is 1. The topological polar surface area (TPSA) is 89.4 Å². The molecule has 2 aromatic heterocycles. The number of aromatic nitrogens is 3. The average molecular weight is 476 g/mol. The second kappa shape index (κ2) is 11.6. The second-order valence-corrected chi connectivity index (χ2v) is 8.99. The Morgan fingerprint density at radius 2 is 2.03 bits per heavy atom. The predicted octanol–water partition coefficient (Wildman–Crippen LogP) is 3.45. The highest BCUT2D eigenvalue weighted by Crippen LogP contribution is 2.21. The standard InChI is InChI=1S/C27H33N5O3/c1-20-17-25(31(2)30-20)27(34)32(24-9-3-4-15-29-26(24)33)19-22-10-12-23(13-11-22)35-16-6-8-21-7-5-14-28-18-21/h5,7,10-14,17-18,24H,3-4,6,8-9,15-16,19H2,1-2H3,(H,29,33)/t24-/m0/s1. The van der Waals surface area contributed by atoms with E-state index in [1.54, 1.807) is 28.9 Å². The van der Waals surface area contributed by atoms with Crippen LogP contribution in [-0.4, -0.2) is 50.7 Å². The van der Waals surface area contributed by atoms with Crippen molar-refractivity contribution in [3.8, 4) is 5.75 Å². The summed E-state index contributed by atoms with van der Waals surface area (Å²) in [5, 5.41) is 7.28. The quantitative estimate of drug-likeness (QED) is 0.479. The van der Waals surface area contributed by atoms with E-state index in [4.69, 9.17) is 4.74 Å². The average Bonchev–Trinajstić information content (AvgIpc) is 3.06. The van der Waals surface area contributed by atoms with Gasteiger partial charge in [0.25, 0.3) is 5.91 Å². The van der Waals surface area contributed by atoms with Crippen LogP contribution in [0.25, 0.3) is 0 Å². The molecule has 1 saturated heterocycles. The SMILES string of the molecule is Cc1cc(C(=O)N(Cc2ccc(OCCCc3cccnc3)cc2)[C@H]2CCCCNC2=O)n(C)n1. The van der Waals surface area contributed by atoms with Gasteiger partial charge in [-0.3, -0.25) is 19.3 Å². The minimum absolute atomic E-state index is 0.0942. The van der Waals surface area contributed by atoms with Gasteiger partial charge in [-0.1, -0.05) is 18.2 Å². The number of aryl methyl sites for hydroxylation is 3. The maximum Gasteiger partial charge on any atom is 0.273 e. The molecule has 4 rings (SSSR count). The Kier molecular flexibility index (Phi) is 8.13. The lowest BCUT2D eigenvalue weighted by atomic mass is 10.1. The highest BCUT2D eigenvalue weighted by Gasteiger charge is 2.32. The molecule has 35 heavy (non-hydrogen) atoms. The molecule has 8 nitrogen and oxygen atoms in total. The van der Waals surface area contributed by atoms with Gasteiger partial charge in [-0.2, -0.15) is 5.10 Å². The van der Waals surface area contributed by atoms with Crippen LogP contribution in [0.15, 0.2) is 54.9 Å². The number of ether oxygens (including phenoxy) is 1. The van der Waals surface area contributed by atoms with Crippen LogP contribution in [0.5, 0.6) is 5.75 Å². The Balaban J connectivity index is 1.42. The summed E-state index contributed by atoms with van der Waals surface area (Å²) >= 11 is 0. The van der Waals surface area contributed by atoms with E-state index in [0.29, 0.717) is 31.8 Å². The summed E-state index contributed by atoms with van der Waals surface area (Å²) in [4.78, 5) is 32.2. The number of hydrogen-bond acceptors (Lipinski definition) is 5. The molecule has 0 bridgehead atoms. The van der Waals surface area contributed by atoms with E-state index >= 15 is 0 Å². The van der Waals surface area contributed by atoms with E-state index in [1.165, 1.54) is 5.56 Å². The van der Waals surface area contributed by atoms with Gasteiger partial charge in [-0.15, -0.1) is 0 Å². The van der Waals surface area contributed by atoms with Crippen LogP contribution >= 0.6 is 0 Å². The highest BCUT2D eigenvalue weighted by molar-refractivity contribution is 5.96. The first-order valence-corrected chi connectivity index (χ1v) is 12.2. The second-order valence-electron chi connectivity index (χ2n) is 8.99. The third-order valence-corrected chi connectivity index (χ3v) is 6.24. The maximum atomic E-state index is 13.6. The molecule has 1 aliphatic heterocycles. The van der Waals surface area contributed by atoms with Gasteiger partial charge in [0.2, 0.25) is 5.91 Å². The fourth-order valence-electron chi connectivity index (χ4n) is 4.40. The van der Waals surface area contributed by atoms with Crippen LogP contribution in [0, 0.1) is 6.92 Å². The number of carbonyl (C=O) groups excluding carboxylic acids is 2. The van der Waals surface area contributed by atoms with Crippen molar-refractivity contribution >= 4 is 11.8 Å². The van der Waals surface area contributed by atoms with Crippen molar-refractivity contribution in [3.05, 3.63) is 77.4 Å². The molecule has 0 spiro atoms. The van der Waals surface area contributed by atoms with Gasteiger partial charge in [0.1, 0.15) is 17.5 Å². The van der Waals surface area contributed by atoms with Crippen LogP contribution in [0.1, 0.15) is 53.0 Å². The number of benzene rings is 1. The maximum absolute atomic E-state index is 13.6. The largest absolute Gasteiger partial charge is 0.494 e. The van der Waals surface area contributed by atoms with E-state index in [2.05, 4.69) is 21.5 Å². The molecule has 0 saturated carbocycles. The summed E-state index contributed by atoms with van der Waals surface area (Å²) < 4.78 is 7.48. The molecule has 1 N–H and O–H groups in total. The Morgan fingerprint density at radius 3 is 2.74 bits per heavy atom. The highest BCUT2D eigenvalue weighted by atomic mass is 16.5. The Labute approximate surface area is 206 Å². The third-order valence-electron chi connectivity index (χ3n) is 6.24. The van der Waals surface area contributed by atoms with E-state index in [1.807, 2.05) is 43.5 Å². The number of rotatable bonds is 9. The first kappa shape index (κ1) is 24.4. The first-order valence-electron chi connectivity index (χ1n) is 12.2. The van der Waals surface area contributed by atoms with E-state index in [0.717, 1.165) is 42.7 Å². The van der Waals surface area contributed by atoms with Crippen LogP contribution in [0.3, 0.4) is 0 Å². The molecule has 0 radical (unpaired) electrons. The predicted molar refractivity (Wildman–Crippen MR) is 133 cm³/mol. The van der Waals surface area contributed by atoms with Crippen LogP contribution in [0.4, 0.5) is 0 Å². The summed E-state index contributed by atoms with van der Waals surface area (Å²) in [6.07, 6.45) is 7.92. The number of carbonyl (C=O) groups is 2. The van der Waals surface area contributed by atoms with Crippen molar-refractivity contribution in [2.24, 2.45) is 7.05 Å². The fraction of sp³-hybridized carbons (Fsp3) is 0.407. The van der Waals surface area contributed by atoms with Crippen molar-refractivity contribution in [1.82, 2.24) is 25.0 Å². The zero-order valence-corrected chi connectivity index (χ0v) is 20.4. The summed E-state index contributed by atoms with van der Waals surface area (Å²) in [6, 6.07) is 13.0. The molecular weight excluding hydrogens is 442 g/mol. The smallest absolute Gasteiger partial charge is 0.273 e. The van der Waals surface area contributed by atoms with Crippen molar-refractivity contribution < 1.29 is 14.3 Å². The molecule has 3 heterocycles. The molecule has 1 atom stereocenters. The minimum atomic E-state index is -0.511. The minimum Gasteiger partial charge on any atom is -0.494 e. The molecular formula is C27H33N5O3. The van der Waals surface area contributed by atoms with Crippen LogP contribution < -0.4 is 10.1 Å². The molecule has 2 amide bonds. The third kappa shape index (κ3) is 6.47. The number of amides is 2. The van der Waals surface area contributed by atoms with Crippen molar-refractivity contribution in [2.45, 2.75) is 51.6 Å². The number of hydrogen-bond donors (Lipinski definition) is 1. The molecule has 0 aliphatic carbocycles. The molecule has 1 aromatic carbocycles. The first-order chi connectivity index (χ1) is 17.0. The summed E-state index contributed by atoms with van der Waals surface area (Å²) in [6.45, 7) is 3.45. The van der Waals surface area contributed by atoms with Gasteiger partial charge in [-0.25, -0.2) is 0 Å². The molecule has 1 aliphatic rings. The van der Waals surface area contributed by atoms with Crippen LogP contribution in [0.2, 0.25) is 0 Å². The Bertz CT molecular complexity index is 1130. The molecule has 184 valence electrons. The van der Waals surface area contributed by atoms with E-state index in [-0.39, 0.29) is 11.8 Å². The van der Waals surface area contributed by atoms with Crippen molar-refractivity contribution in [2.75, 3.05) is 13.2 Å². The van der Waals surface area contributed by atoms with Gasteiger partial charge < -0.3 is 15.0 Å². The molecule has 8 heteroatoms. The number of nitrogens with zero attached hydrogens (tertiary/aromatic N) is 4. The Morgan fingerprint density at radius 1 is 1.20 bits per heavy atom. The normalized spacial score (nSPS) is 15.8. The van der Waals surface area contributed by atoms with Gasteiger partial charge in [0.15, 0.2) is 0 Å². The monoisotopic (exact) mass is 475 g/mol. The lowest BCUT2D eigenvalue weighted by molar-refractivity contribution is -0.125. The lowest BCUT2D eigenvalue weighted by Crippen LogP contribution is -2.48. The molecule has 3 aromatic rings. The number of nitrogens with one attached hydrogen (secondary N) is 1. The fourth-order valence-corrected chi connectivity index (χ4v) is 4.40. The van der Waals surface area contributed by atoms with Gasteiger partial charge in [0.05, 0.1) is 12.3 Å². The van der Waals surface area contributed by atoms with Crippen molar-refractivity contribution in [1.29, 1.82) is 0 Å². The van der Waals surface area contributed by atoms with Gasteiger partial charge >= 0.3 is 0 Å². The van der Waals surface area contributed by atoms with E-state index in [9.17, 15) is 9.59 Å². The summed E-state index contributed by atoms with van der Waals surface area (Å²) in [5.41, 5.74) is 3.39. The molecule has 0 unspecified atom stereocenters. The Hall–Kier alpha value is -3.68. The zero-order valence-electron chi connectivity index (χ0n) is 20.4. The lowest BCUT2D eigenvalue weighted by Gasteiger charge is -2.30. The van der Waals surface area contributed by atoms with Crippen LogP contribution in [-0.2, 0) is 24.8 Å². The van der Waals surface area contributed by atoms with Gasteiger partial charge in [-0.05, 0) is 74.4 Å². The zero-order chi connectivity index (χ0) is 24.6. The van der Waals surface area contributed by atoms with Crippen molar-refractivity contribution in [3.63, 3.8) is 0 Å². The molecule has 1 fully saturated rings.